The number of aromatic nitrogens is 2. The fourth-order valence-corrected chi connectivity index (χ4v) is 1.93. The van der Waals surface area contributed by atoms with Crippen molar-refractivity contribution in [3.63, 3.8) is 0 Å². The van der Waals surface area contributed by atoms with E-state index in [2.05, 4.69) is 4.98 Å². The molecule has 0 bridgehead atoms. The van der Waals surface area contributed by atoms with E-state index in [4.69, 9.17) is 16.3 Å². The van der Waals surface area contributed by atoms with Crippen LogP contribution in [0.2, 0.25) is 5.02 Å². The van der Waals surface area contributed by atoms with Crippen LogP contribution in [-0.2, 0) is 6.54 Å². The summed E-state index contributed by atoms with van der Waals surface area (Å²) < 4.78 is 6.57. The number of carbonyl (C=O) groups is 1. The van der Waals surface area contributed by atoms with Crippen LogP contribution in [0, 0.1) is 0 Å². The van der Waals surface area contributed by atoms with Crippen LogP contribution in [0.3, 0.4) is 0 Å². The summed E-state index contributed by atoms with van der Waals surface area (Å²) in [4.78, 5) is 27.4. The summed E-state index contributed by atoms with van der Waals surface area (Å²) in [6.07, 6.45) is 2.64. The molecule has 0 unspecified atom stereocenters. The van der Waals surface area contributed by atoms with E-state index in [-0.39, 0.29) is 12.3 Å². The lowest BCUT2D eigenvalue weighted by Crippen LogP contribution is -2.25. The lowest BCUT2D eigenvalue weighted by Gasteiger charge is -2.09. The number of nitrogens with zero attached hydrogens (tertiary/aromatic N) is 2. The number of halogens is 1. The van der Waals surface area contributed by atoms with Crippen LogP contribution in [0.25, 0.3) is 0 Å². The number of para-hydroxylation sites is 1. The van der Waals surface area contributed by atoms with E-state index in [0.29, 0.717) is 22.9 Å². The maximum absolute atomic E-state index is 12.3. The van der Waals surface area contributed by atoms with Gasteiger partial charge in [0.2, 0.25) is 0 Å². The van der Waals surface area contributed by atoms with Crippen molar-refractivity contribution in [2.24, 2.45) is 0 Å². The highest BCUT2D eigenvalue weighted by molar-refractivity contribution is 6.30. The molecular formula is C14H13ClN2O3. The highest BCUT2D eigenvalue weighted by Crippen LogP contribution is 2.19. The molecule has 5 nitrogen and oxygen atoms in total. The minimum absolute atomic E-state index is 0.128. The molecule has 0 atom stereocenters. The smallest absolute Gasteiger partial charge is 0.348 e. The normalized spacial score (nSPS) is 10.3. The number of ketones is 1. The van der Waals surface area contributed by atoms with Crippen LogP contribution in [0.1, 0.15) is 17.3 Å². The minimum Gasteiger partial charge on any atom is -0.493 e. The van der Waals surface area contributed by atoms with E-state index >= 15 is 0 Å². The second-order valence-electron chi connectivity index (χ2n) is 4.04. The predicted molar refractivity (Wildman–Crippen MR) is 75.4 cm³/mol. The lowest BCUT2D eigenvalue weighted by atomic mass is 10.1. The molecule has 1 heterocycles. The Hall–Kier alpha value is -2.14. The Morgan fingerprint density at radius 3 is 2.90 bits per heavy atom. The van der Waals surface area contributed by atoms with E-state index in [1.807, 2.05) is 6.92 Å². The average molecular weight is 293 g/mol. The molecule has 0 amide bonds. The van der Waals surface area contributed by atoms with Crippen LogP contribution < -0.4 is 10.4 Å². The maximum Gasteiger partial charge on any atom is 0.348 e. The van der Waals surface area contributed by atoms with Crippen molar-refractivity contribution in [3.05, 3.63) is 57.7 Å². The van der Waals surface area contributed by atoms with Gasteiger partial charge in [0.25, 0.3) is 0 Å². The fraction of sp³-hybridized carbons (Fsp3) is 0.214. The zero-order valence-corrected chi connectivity index (χ0v) is 11.6. The standard InChI is InChI=1S/C14H13ClN2O3/c1-2-20-13-6-4-3-5-11(13)12(18)9-17-8-10(15)7-16-14(17)19/h3-8H,2,9H2,1H3. The second kappa shape index (κ2) is 6.34. The second-order valence-corrected chi connectivity index (χ2v) is 4.47. The van der Waals surface area contributed by atoms with Crippen molar-refractivity contribution in [1.29, 1.82) is 0 Å². The minimum atomic E-state index is -0.517. The molecular weight excluding hydrogens is 280 g/mol. The van der Waals surface area contributed by atoms with Gasteiger partial charge in [-0.2, -0.15) is 0 Å². The summed E-state index contributed by atoms with van der Waals surface area (Å²) in [5, 5.41) is 0.301. The number of hydrogen-bond acceptors (Lipinski definition) is 4. The van der Waals surface area contributed by atoms with E-state index in [9.17, 15) is 9.59 Å². The molecule has 0 aliphatic heterocycles. The summed E-state index contributed by atoms with van der Waals surface area (Å²) in [7, 11) is 0. The van der Waals surface area contributed by atoms with Gasteiger partial charge in [0.1, 0.15) is 5.75 Å². The molecule has 0 radical (unpaired) electrons. The van der Waals surface area contributed by atoms with Crippen molar-refractivity contribution in [2.45, 2.75) is 13.5 Å². The van der Waals surface area contributed by atoms with Gasteiger partial charge in [0.05, 0.1) is 29.9 Å². The Labute approximate surface area is 120 Å². The third-order valence-electron chi connectivity index (χ3n) is 2.62. The van der Waals surface area contributed by atoms with Crippen molar-refractivity contribution >= 4 is 17.4 Å². The largest absolute Gasteiger partial charge is 0.493 e. The van der Waals surface area contributed by atoms with Gasteiger partial charge < -0.3 is 4.74 Å². The van der Waals surface area contributed by atoms with Gasteiger partial charge in [-0.25, -0.2) is 9.78 Å². The summed E-state index contributed by atoms with van der Waals surface area (Å²) in [5.74, 6) is 0.267. The number of carbonyl (C=O) groups excluding carboxylic acids is 1. The molecule has 0 spiro atoms. The molecule has 6 heteroatoms. The SMILES string of the molecule is CCOc1ccccc1C(=O)Cn1cc(Cl)cnc1=O. The summed E-state index contributed by atoms with van der Waals surface area (Å²) >= 11 is 5.77. The number of Topliss-reactive ketones (excluding diaryl/α,β-unsaturated/α-hetero) is 1. The van der Waals surface area contributed by atoms with Crippen LogP contribution >= 0.6 is 11.6 Å². The molecule has 0 saturated heterocycles. The van der Waals surface area contributed by atoms with Crippen LogP contribution in [0.4, 0.5) is 0 Å². The van der Waals surface area contributed by atoms with E-state index in [0.717, 1.165) is 0 Å². The number of rotatable bonds is 5. The van der Waals surface area contributed by atoms with Gasteiger partial charge in [-0.05, 0) is 19.1 Å². The van der Waals surface area contributed by atoms with Crippen molar-refractivity contribution in [2.75, 3.05) is 6.61 Å². The Morgan fingerprint density at radius 2 is 2.15 bits per heavy atom. The third-order valence-corrected chi connectivity index (χ3v) is 2.82. The van der Waals surface area contributed by atoms with E-state index in [1.165, 1.54) is 17.0 Å². The highest BCUT2D eigenvalue weighted by Gasteiger charge is 2.13. The summed E-state index contributed by atoms with van der Waals surface area (Å²) in [6, 6.07) is 6.91. The molecule has 2 rings (SSSR count). The first kappa shape index (κ1) is 14.3. The number of ether oxygens (including phenoxy) is 1. The molecule has 2 aromatic rings. The fourth-order valence-electron chi connectivity index (χ4n) is 1.76. The molecule has 0 aliphatic carbocycles. The lowest BCUT2D eigenvalue weighted by molar-refractivity contribution is 0.0966. The zero-order valence-electron chi connectivity index (χ0n) is 10.9. The Bertz CT molecular complexity index is 682. The van der Waals surface area contributed by atoms with Crippen LogP contribution in [0.15, 0.2) is 41.5 Å². The molecule has 1 aromatic carbocycles. The molecule has 0 saturated carbocycles. The first-order chi connectivity index (χ1) is 9.61. The Kier molecular flexibility index (Phi) is 4.53. The van der Waals surface area contributed by atoms with Gasteiger partial charge in [0, 0.05) is 6.20 Å². The Balaban J connectivity index is 2.28. The Morgan fingerprint density at radius 1 is 1.40 bits per heavy atom. The van der Waals surface area contributed by atoms with Crippen molar-refractivity contribution in [3.8, 4) is 5.75 Å². The van der Waals surface area contributed by atoms with Gasteiger partial charge >= 0.3 is 5.69 Å². The average Bonchev–Trinajstić information content (AvgIpc) is 2.44. The monoisotopic (exact) mass is 292 g/mol. The molecule has 0 N–H and O–H groups in total. The van der Waals surface area contributed by atoms with Crippen molar-refractivity contribution < 1.29 is 9.53 Å². The first-order valence-electron chi connectivity index (χ1n) is 6.09. The maximum atomic E-state index is 12.3. The summed E-state index contributed by atoms with van der Waals surface area (Å²) in [6.45, 7) is 2.17. The quantitative estimate of drug-likeness (QED) is 0.793. The summed E-state index contributed by atoms with van der Waals surface area (Å²) in [5.41, 5.74) is -0.0853. The zero-order chi connectivity index (χ0) is 14.5. The molecule has 104 valence electrons. The molecule has 20 heavy (non-hydrogen) atoms. The highest BCUT2D eigenvalue weighted by atomic mass is 35.5. The third kappa shape index (κ3) is 3.24. The number of benzene rings is 1. The van der Waals surface area contributed by atoms with Crippen LogP contribution in [-0.4, -0.2) is 21.9 Å². The van der Waals surface area contributed by atoms with Gasteiger partial charge in [0.15, 0.2) is 5.78 Å². The molecule has 0 aliphatic rings. The van der Waals surface area contributed by atoms with Gasteiger partial charge in [-0.15, -0.1) is 0 Å². The topological polar surface area (TPSA) is 61.2 Å². The van der Waals surface area contributed by atoms with Crippen molar-refractivity contribution in [1.82, 2.24) is 9.55 Å². The van der Waals surface area contributed by atoms with Gasteiger partial charge in [-0.3, -0.25) is 9.36 Å². The first-order valence-corrected chi connectivity index (χ1v) is 6.46. The van der Waals surface area contributed by atoms with Crippen LogP contribution in [0.5, 0.6) is 5.75 Å². The van der Waals surface area contributed by atoms with Gasteiger partial charge in [-0.1, -0.05) is 23.7 Å². The predicted octanol–water partition coefficient (Wildman–Crippen LogP) is 2.18. The molecule has 1 aromatic heterocycles. The van der Waals surface area contributed by atoms with E-state index < -0.39 is 5.69 Å². The molecule has 0 fully saturated rings. The number of hydrogen-bond donors (Lipinski definition) is 0. The van der Waals surface area contributed by atoms with E-state index in [1.54, 1.807) is 24.3 Å².